The van der Waals surface area contributed by atoms with Crippen LogP contribution in [0.3, 0.4) is 0 Å². The molecule has 0 fully saturated rings. The smallest absolute Gasteiger partial charge is 0.262 e. The fourth-order valence-electron chi connectivity index (χ4n) is 3.12. The Morgan fingerprint density at radius 2 is 1.77 bits per heavy atom. The highest BCUT2D eigenvalue weighted by molar-refractivity contribution is 9.10. The summed E-state index contributed by atoms with van der Waals surface area (Å²) in [5.74, 6) is 0.879. The van der Waals surface area contributed by atoms with E-state index in [-0.39, 0.29) is 12.5 Å². The molecule has 2 N–H and O–H groups in total. The second kappa shape index (κ2) is 10.9. The lowest BCUT2D eigenvalue weighted by atomic mass is 10.1. The molecule has 6 heteroatoms. The quantitative estimate of drug-likeness (QED) is 0.387. The van der Waals surface area contributed by atoms with Gasteiger partial charge in [0.2, 0.25) is 0 Å². The van der Waals surface area contributed by atoms with Crippen LogP contribution in [0.4, 0.5) is 11.4 Å². The average Bonchev–Trinajstić information content (AvgIpc) is 2.75. The molecule has 0 spiro atoms. The number of ether oxygens (including phenoxy) is 2. The van der Waals surface area contributed by atoms with E-state index in [9.17, 15) is 4.79 Å². The number of hydrogen-bond acceptors (Lipinski definition) is 4. The zero-order valence-corrected chi connectivity index (χ0v) is 19.6. The van der Waals surface area contributed by atoms with Gasteiger partial charge in [-0.2, -0.15) is 0 Å². The molecular formula is C25H27BrN2O3. The molecule has 31 heavy (non-hydrogen) atoms. The first-order valence-electron chi connectivity index (χ1n) is 10.2. The van der Waals surface area contributed by atoms with Gasteiger partial charge in [0.1, 0.15) is 0 Å². The molecular weight excluding hydrogens is 456 g/mol. The van der Waals surface area contributed by atoms with Gasteiger partial charge >= 0.3 is 0 Å². The number of amides is 1. The average molecular weight is 483 g/mol. The summed E-state index contributed by atoms with van der Waals surface area (Å²) in [4.78, 5) is 12.2. The summed E-state index contributed by atoms with van der Waals surface area (Å²) >= 11 is 3.57. The molecule has 5 nitrogen and oxygen atoms in total. The molecule has 1 amide bonds. The van der Waals surface area contributed by atoms with Crippen LogP contribution in [0.15, 0.2) is 65.1 Å². The maximum absolute atomic E-state index is 12.2. The predicted octanol–water partition coefficient (Wildman–Crippen LogP) is 6.09. The summed E-state index contributed by atoms with van der Waals surface area (Å²) in [6.45, 7) is 7.14. The van der Waals surface area contributed by atoms with Gasteiger partial charge in [-0.3, -0.25) is 4.79 Å². The lowest BCUT2D eigenvalue weighted by Crippen LogP contribution is -2.20. The van der Waals surface area contributed by atoms with E-state index in [1.807, 2.05) is 55.5 Å². The molecule has 3 aromatic rings. The van der Waals surface area contributed by atoms with Crippen LogP contribution in [0.1, 0.15) is 23.6 Å². The Morgan fingerprint density at radius 1 is 1.00 bits per heavy atom. The second-order valence-electron chi connectivity index (χ2n) is 7.14. The SMILES string of the molecule is CCOc1cc(CNc2cccc(C)c2C)cc(Br)c1OCC(=O)Nc1ccccc1. The minimum absolute atomic E-state index is 0.117. The van der Waals surface area contributed by atoms with Gasteiger partial charge in [-0.1, -0.05) is 30.3 Å². The lowest BCUT2D eigenvalue weighted by molar-refractivity contribution is -0.118. The second-order valence-corrected chi connectivity index (χ2v) is 8.00. The van der Waals surface area contributed by atoms with Gasteiger partial charge in [-0.25, -0.2) is 0 Å². The van der Waals surface area contributed by atoms with Crippen molar-refractivity contribution in [2.45, 2.75) is 27.3 Å². The minimum atomic E-state index is -0.235. The molecule has 0 aliphatic heterocycles. The summed E-state index contributed by atoms with van der Waals surface area (Å²) in [7, 11) is 0. The van der Waals surface area contributed by atoms with Crippen molar-refractivity contribution in [3.8, 4) is 11.5 Å². The van der Waals surface area contributed by atoms with Crippen LogP contribution in [0.2, 0.25) is 0 Å². The Kier molecular flexibility index (Phi) is 7.95. The van der Waals surface area contributed by atoms with Crippen molar-refractivity contribution in [3.05, 3.63) is 81.8 Å². The Hall–Kier alpha value is -2.99. The van der Waals surface area contributed by atoms with E-state index < -0.39 is 0 Å². The fraction of sp³-hybridized carbons (Fsp3) is 0.240. The van der Waals surface area contributed by atoms with Crippen molar-refractivity contribution in [1.82, 2.24) is 0 Å². The minimum Gasteiger partial charge on any atom is -0.490 e. The van der Waals surface area contributed by atoms with E-state index in [0.717, 1.165) is 21.4 Å². The van der Waals surface area contributed by atoms with Gasteiger partial charge in [0.15, 0.2) is 18.1 Å². The number of aryl methyl sites for hydroxylation is 1. The van der Waals surface area contributed by atoms with Crippen LogP contribution < -0.4 is 20.1 Å². The predicted molar refractivity (Wildman–Crippen MR) is 129 cm³/mol. The van der Waals surface area contributed by atoms with E-state index >= 15 is 0 Å². The summed E-state index contributed by atoms with van der Waals surface area (Å²) in [6.07, 6.45) is 0. The zero-order chi connectivity index (χ0) is 22.2. The number of carbonyl (C=O) groups excluding carboxylic acids is 1. The Bertz CT molecular complexity index is 1040. The maximum Gasteiger partial charge on any atom is 0.262 e. The Balaban J connectivity index is 1.69. The summed E-state index contributed by atoms with van der Waals surface area (Å²) in [5.41, 5.74) is 5.35. The van der Waals surface area contributed by atoms with Gasteiger partial charge in [0, 0.05) is 17.9 Å². The first-order valence-corrected chi connectivity index (χ1v) is 11.0. The third kappa shape index (κ3) is 6.25. The number of para-hydroxylation sites is 1. The van der Waals surface area contributed by atoms with E-state index in [1.165, 1.54) is 11.1 Å². The molecule has 0 bridgehead atoms. The van der Waals surface area contributed by atoms with Gasteiger partial charge in [-0.15, -0.1) is 0 Å². The zero-order valence-electron chi connectivity index (χ0n) is 18.0. The summed E-state index contributed by atoms with van der Waals surface area (Å²) < 4.78 is 12.3. The molecule has 0 unspecified atom stereocenters. The largest absolute Gasteiger partial charge is 0.490 e. The number of rotatable bonds is 9. The normalized spacial score (nSPS) is 10.5. The van der Waals surface area contributed by atoms with Crippen LogP contribution >= 0.6 is 15.9 Å². The molecule has 0 aliphatic rings. The van der Waals surface area contributed by atoms with Crippen molar-refractivity contribution < 1.29 is 14.3 Å². The molecule has 3 rings (SSSR count). The van der Waals surface area contributed by atoms with Crippen molar-refractivity contribution in [2.24, 2.45) is 0 Å². The third-order valence-electron chi connectivity index (χ3n) is 4.86. The first kappa shape index (κ1) is 22.7. The van der Waals surface area contributed by atoms with Crippen molar-refractivity contribution in [3.63, 3.8) is 0 Å². The summed E-state index contributed by atoms with van der Waals surface area (Å²) in [6, 6.07) is 19.4. The fourth-order valence-corrected chi connectivity index (χ4v) is 3.73. The number of halogens is 1. The molecule has 0 radical (unpaired) electrons. The topological polar surface area (TPSA) is 59.6 Å². The number of anilines is 2. The molecule has 0 atom stereocenters. The monoisotopic (exact) mass is 482 g/mol. The number of benzene rings is 3. The Labute approximate surface area is 191 Å². The van der Waals surface area contributed by atoms with Crippen molar-refractivity contribution >= 4 is 33.2 Å². The Morgan fingerprint density at radius 3 is 2.52 bits per heavy atom. The van der Waals surface area contributed by atoms with E-state index in [4.69, 9.17) is 9.47 Å². The van der Waals surface area contributed by atoms with Gasteiger partial charge in [0.25, 0.3) is 5.91 Å². The van der Waals surface area contributed by atoms with E-state index in [1.54, 1.807) is 0 Å². The van der Waals surface area contributed by atoms with Gasteiger partial charge in [0.05, 0.1) is 11.1 Å². The molecule has 3 aromatic carbocycles. The highest BCUT2D eigenvalue weighted by atomic mass is 79.9. The highest BCUT2D eigenvalue weighted by Gasteiger charge is 2.14. The first-order chi connectivity index (χ1) is 15.0. The van der Waals surface area contributed by atoms with Crippen LogP contribution in [0, 0.1) is 13.8 Å². The molecule has 162 valence electrons. The third-order valence-corrected chi connectivity index (χ3v) is 5.45. The number of hydrogen-bond donors (Lipinski definition) is 2. The van der Waals surface area contributed by atoms with E-state index in [0.29, 0.717) is 24.7 Å². The molecule has 0 heterocycles. The molecule has 0 saturated heterocycles. The van der Waals surface area contributed by atoms with Crippen LogP contribution in [0.5, 0.6) is 11.5 Å². The number of carbonyl (C=O) groups is 1. The lowest BCUT2D eigenvalue weighted by Gasteiger charge is -2.17. The summed E-state index contributed by atoms with van der Waals surface area (Å²) in [5, 5.41) is 6.29. The van der Waals surface area contributed by atoms with Gasteiger partial charge < -0.3 is 20.1 Å². The van der Waals surface area contributed by atoms with Gasteiger partial charge in [-0.05, 0) is 83.7 Å². The highest BCUT2D eigenvalue weighted by Crippen LogP contribution is 2.37. The van der Waals surface area contributed by atoms with Crippen molar-refractivity contribution in [2.75, 3.05) is 23.8 Å². The standard InChI is InChI=1S/C25H27BrN2O3/c1-4-30-23-14-19(15-27-22-12-8-9-17(2)18(22)3)13-21(26)25(23)31-16-24(29)28-20-10-6-5-7-11-20/h5-14,27H,4,15-16H2,1-3H3,(H,28,29). The van der Waals surface area contributed by atoms with E-state index in [2.05, 4.69) is 52.5 Å². The maximum atomic E-state index is 12.2. The van der Waals surface area contributed by atoms with Crippen LogP contribution in [-0.4, -0.2) is 19.1 Å². The molecule has 0 saturated carbocycles. The van der Waals surface area contributed by atoms with Crippen LogP contribution in [-0.2, 0) is 11.3 Å². The number of nitrogens with one attached hydrogen (secondary N) is 2. The van der Waals surface area contributed by atoms with Crippen molar-refractivity contribution in [1.29, 1.82) is 0 Å². The molecule has 0 aliphatic carbocycles. The molecule has 0 aromatic heterocycles. The van der Waals surface area contributed by atoms with Crippen LogP contribution in [0.25, 0.3) is 0 Å².